The van der Waals surface area contributed by atoms with Crippen LogP contribution in [0.15, 0.2) is 12.3 Å². The van der Waals surface area contributed by atoms with Gasteiger partial charge in [0, 0.05) is 19.4 Å². The summed E-state index contributed by atoms with van der Waals surface area (Å²) < 4.78 is 10.0. The lowest BCUT2D eigenvalue weighted by molar-refractivity contribution is 0.143. The summed E-state index contributed by atoms with van der Waals surface area (Å²) in [4.78, 5) is 7.77. The zero-order chi connectivity index (χ0) is 9.52. The van der Waals surface area contributed by atoms with Crippen LogP contribution in [0.3, 0.4) is 0 Å². The van der Waals surface area contributed by atoms with E-state index in [1.807, 2.05) is 0 Å². The van der Waals surface area contributed by atoms with E-state index < -0.39 is 0 Å². The Labute approximate surface area is 76.1 Å². The minimum atomic E-state index is 0.329. The second kappa shape index (κ2) is 5.28. The second-order valence-electron chi connectivity index (χ2n) is 2.20. The predicted octanol–water partition coefficient (Wildman–Crippen LogP) is -0.213. The highest BCUT2D eigenvalue weighted by Gasteiger charge is 1.97. The molecule has 0 spiro atoms. The molecule has 3 N–H and O–H groups in total. The van der Waals surface area contributed by atoms with Crippen molar-refractivity contribution in [3.63, 3.8) is 0 Å². The van der Waals surface area contributed by atoms with E-state index in [9.17, 15) is 0 Å². The fourth-order valence-corrected chi connectivity index (χ4v) is 0.722. The molecule has 0 fully saturated rings. The van der Waals surface area contributed by atoms with Crippen molar-refractivity contribution in [2.45, 2.75) is 0 Å². The number of aromatic nitrogens is 2. The van der Waals surface area contributed by atoms with E-state index in [1.54, 1.807) is 19.4 Å². The highest BCUT2D eigenvalue weighted by molar-refractivity contribution is 5.25. The van der Waals surface area contributed by atoms with Crippen LogP contribution in [0.2, 0.25) is 0 Å². The second-order valence-corrected chi connectivity index (χ2v) is 2.20. The summed E-state index contributed by atoms with van der Waals surface area (Å²) in [6.07, 6.45) is 1.56. The van der Waals surface area contributed by atoms with Gasteiger partial charge >= 0.3 is 0 Å². The van der Waals surface area contributed by atoms with Crippen LogP contribution in [0.4, 0.5) is 5.95 Å². The normalized spacial score (nSPS) is 9.69. The molecule has 0 aromatic carbocycles. The van der Waals surface area contributed by atoms with Gasteiger partial charge in [0.25, 0.3) is 0 Å². The molecule has 0 aliphatic carbocycles. The molecule has 1 aromatic rings. The zero-order valence-electron chi connectivity index (χ0n) is 7.36. The van der Waals surface area contributed by atoms with Crippen LogP contribution in [0.1, 0.15) is 0 Å². The maximum atomic E-state index is 5.22. The lowest BCUT2D eigenvalue weighted by Crippen LogP contribution is -2.11. The molecule has 1 aromatic heterocycles. The molecular formula is C7H12N4O2. The highest BCUT2D eigenvalue weighted by atomic mass is 16.5. The Morgan fingerprint density at radius 1 is 1.54 bits per heavy atom. The van der Waals surface area contributed by atoms with Crippen molar-refractivity contribution in [1.82, 2.24) is 9.97 Å². The average Bonchev–Trinajstić information content (AvgIpc) is 2.19. The molecule has 0 saturated heterocycles. The zero-order valence-corrected chi connectivity index (χ0v) is 7.36. The van der Waals surface area contributed by atoms with Crippen molar-refractivity contribution in [1.29, 1.82) is 0 Å². The van der Waals surface area contributed by atoms with Crippen molar-refractivity contribution in [3.8, 4) is 5.88 Å². The summed E-state index contributed by atoms with van der Waals surface area (Å²) in [5.41, 5.74) is 2.32. The molecule has 0 aliphatic rings. The minimum Gasteiger partial charge on any atom is -0.475 e. The summed E-state index contributed by atoms with van der Waals surface area (Å²) in [5.74, 6) is 5.92. The number of hydrogen-bond acceptors (Lipinski definition) is 6. The fourth-order valence-electron chi connectivity index (χ4n) is 0.722. The SMILES string of the molecule is COCCOc1ccnc(NN)n1. The van der Waals surface area contributed by atoms with Gasteiger partial charge in [-0.3, -0.25) is 5.43 Å². The first-order chi connectivity index (χ1) is 6.36. The standard InChI is InChI=1S/C7H12N4O2/c1-12-4-5-13-6-2-3-9-7(10-6)11-8/h2-3H,4-5,8H2,1H3,(H,9,10,11). The summed E-state index contributed by atoms with van der Waals surface area (Å²) in [6, 6.07) is 1.65. The Kier molecular flexibility index (Phi) is 3.94. The van der Waals surface area contributed by atoms with E-state index in [0.717, 1.165) is 0 Å². The first-order valence-corrected chi connectivity index (χ1v) is 3.78. The maximum Gasteiger partial charge on any atom is 0.240 e. The molecule has 0 radical (unpaired) electrons. The van der Waals surface area contributed by atoms with Gasteiger partial charge in [0.1, 0.15) is 6.61 Å². The fraction of sp³-hybridized carbons (Fsp3) is 0.429. The quantitative estimate of drug-likeness (QED) is 0.374. The van der Waals surface area contributed by atoms with Crippen molar-refractivity contribution >= 4 is 5.95 Å². The molecule has 13 heavy (non-hydrogen) atoms. The number of hydrazine groups is 1. The van der Waals surface area contributed by atoms with Gasteiger partial charge in [-0.05, 0) is 0 Å². The Morgan fingerprint density at radius 2 is 2.38 bits per heavy atom. The maximum absolute atomic E-state index is 5.22. The molecule has 0 amide bonds. The average molecular weight is 184 g/mol. The molecule has 0 aliphatic heterocycles. The summed E-state index contributed by atoms with van der Waals surface area (Å²) in [7, 11) is 1.61. The van der Waals surface area contributed by atoms with Gasteiger partial charge in [0.15, 0.2) is 0 Å². The van der Waals surface area contributed by atoms with Gasteiger partial charge in [-0.1, -0.05) is 0 Å². The van der Waals surface area contributed by atoms with Crippen molar-refractivity contribution in [3.05, 3.63) is 12.3 Å². The predicted molar refractivity (Wildman–Crippen MR) is 47.2 cm³/mol. The van der Waals surface area contributed by atoms with Crippen molar-refractivity contribution < 1.29 is 9.47 Å². The van der Waals surface area contributed by atoms with Crippen LogP contribution in [-0.2, 0) is 4.74 Å². The third-order valence-electron chi connectivity index (χ3n) is 1.30. The number of rotatable bonds is 5. The first kappa shape index (κ1) is 9.69. The molecule has 72 valence electrons. The lowest BCUT2D eigenvalue weighted by atomic mass is 10.6. The van der Waals surface area contributed by atoms with Crippen LogP contribution >= 0.6 is 0 Å². The summed E-state index contributed by atoms with van der Waals surface area (Å²) in [6.45, 7) is 0.979. The summed E-state index contributed by atoms with van der Waals surface area (Å²) >= 11 is 0. The summed E-state index contributed by atoms with van der Waals surface area (Å²) in [5, 5.41) is 0. The van der Waals surface area contributed by atoms with Gasteiger partial charge in [-0.2, -0.15) is 4.98 Å². The Morgan fingerprint density at radius 3 is 3.08 bits per heavy atom. The molecule has 0 bridgehead atoms. The number of nitrogen functional groups attached to an aromatic ring is 1. The Bertz CT molecular complexity index is 256. The molecule has 0 atom stereocenters. The van der Waals surface area contributed by atoms with Crippen LogP contribution in [-0.4, -0.2) is 30.3 Å². The Balaban J connectivity index is 2.46. The monoisotopic (exact) mass is 184 g/mol. The lowest BCUT2D eigenvalue weighted by Gasteiger charge is -2.04. The van der Waals surface area contributed by atoms with Crippen molar-refractivity contribution in [2.75, 3.05) is 25.7 Å². The van der Waals surface area contributed by atoms with E-state index in [4.69, 9.17) is 15.3 Å². The van der Waals surface area contributed by atoms with Gasteiger partial charge in [0.05, 0.1) is 6.61 Å². The number of hydrogen-bond donors (Lipinski definition) is 2. The van der Waals surface area contributed by atoms with Gasteiger partial charge in [-0.25, -0.2) is 10.8 Å². The minimum absolute atomic E-state index is 0.329. The van der Waals surface area contributed by atoms with E-state index in [0.29, 0.717) is 25.0 Å². The van der Waals surface area contributed by atoms with E-state index in [-0.39, 0.29) is 0 Å². The smallest absolute Gasteiger partial charge is 0.240 e. The van der Waals surface area contributed by atoms with Crippen LogP contribution in [0.25, 0.3) is 0 Å². The van der Waals surface area contributed by atoms with E-state index >= 15 is 0 Å². The molecule has 6 heteroatoms. The largest absolute Gasteiger partial charge is 0.475 e. The van der Waals surface area contributed by atoms with E-state index in [1.165, 1.54) is 0 Å². The van der Waals surface area contributed by atoms with E-state index in [2.05, 4.69) is 15.4 Å². The van der Waals surface area contributed by atoms with Crippen LogP contribution in [0, 0.1) is 0 Å². The molecule has 1 heterocycles. The molecule has 0 saturated carbocycles. The number of nitrogens with one attached hydrogen (secondary N) is 1. The van der Waals surface area contributed by atoms with Crippen LogP contribution < -0.4 is 16.0 Å². The van der Waals surface area contributed by atoms with Crippen LogP contribution in [0.5, 0.6) is 5.88 Å². The van der Waals surface area contributed by atoms with Crippen molar-refractivity contribution in [2.24, 2.45) is 5.84 Å². The number of methoxy groups -OCH3 is 1. The molecule has 1 rings (SSSR count). The first-order valence-electron chi connectivity index (χ1n) is 3.78. The topological polar surface area (TPSA) is 82.3 Å². The Hall–Kier alpha value is -1.40. The van der Waals surface area contributed by atoms with Gasteiger partial charge in [-0.15, -0.1) is 0 Å². The number of ether oxygens (including phenoxy) is 2. The molecule has 0 unspecified atom stereocenters. The van der Waals surface area contributed by atoms with Gasteiger partial charge in [0.2, 0.25) is 11.8 Å². The van der Waals surface area contributed by atoms with Gasteiger partial charge < -0.3 is 9.47 Å². The molecular weight excluding hydrogens is 172 g/mol. The number of nitrogens with two attached hydrogens (primary N) is 1. The third kappa shape index (κ3) is 3.22. The third-order valence-corrected chi connectivity index (χ3v) is 1.30. The number of anilines is 1. The highest BCUT2D eigenvalue weighted by Crippen LogP contribution is 2.06. The number of nitrogens with zero attached hydrogens (tertiary/aromatic N) is 2. The molecule has 6 nitrogen and oxygen atoms in total.